The van der Waals surface area contributed by atoms with Crippen molar-refractivity contribution in [1.82, 2.24) is 14.8 Å². The van der Waals surface area contributed by atoms with Crippen molar-refractivity contribution in [2.45, 2.75) is 33.0 Å². The SMILES string of the molecule is Cc1nnc2n1-c1scc(Cc3ccc(F)cc3)c1CO[C@H]2C. The molecule has 1 aliphatic rings. The van der Waals surface area contributed by atoms with Gasteiger partial charge in [0.15, 0.2) is 5.82 Å². The molecule has 6 heteroatoms. The number of aryl methyl sites for hydroxylation is 1. The molecule has 2 aromatic heterocycles. The van der Waals surface area contributed by atoms with Gasteiger partial charge in [-0.3, -0.25) is 4.57 Å². The molecule has 3 aromatic rings. The van der Waals surface area contributed by atoms with Crippen LogP contribution >= 0.6 is 11.3 Å². The average molecular weight is 329 g/mol. The van der Waals surface area contributed by atoms with E-state index in [2.05, 4.69) is 20.1 Å². The Bertz CT molecular complexity index is 853. The van der Waals surface area contributed by atoms with Crippen LogP contribution in [0.15, 0.2) is 29.6 Å². The maximum absolute atomic E-state index is 13.1. The average Bonchev–Trinajstić information content (AvgIpc) is 3.06. The highest BCUT2D eigenvalue weighted by Gasteiger charge is 2.26. The van der Waals surface area contributed by atoms with Gasteiger partial charge in [0.25, 0.3) is 0 Å². The molecule has 0 unspecified atom stereocenters. The summed E-state index contributed by atoms with van der Waals surface area (Å²) in [7, 11) is 0. The van der Waals surface area contributed by atoms with E-state index in [9.17, 15) is 4.39 Å². The zero-order valence-electron chi connectivity index (χ0n) is 12.9. The van der Waals surface area contributed by atoms with Crippen LogP contribution in [0.25, 0.3) is 5.00 Å². The highest BCUT2D eigenvalue weighted by molar-refractivity contribution is 7.12. The van der Waals surface area contributed by atoms with Gasteiger partial charge in [-0.15, -0.1) is 21.5 Å². The largest absolute Gasteiger partial charge is 0.366 e. The molecule has 3 heterocycles. The number of thiophene rings is 1. The minimum absolute atomic E-state index is 0.0885. The zero-order valence-corrected chi connectivity index (χ0v) is 13.7. The Morgan fingerprint density at radius 1 is 1.30 bits per heavy atom. The Kier molecular flexibility index (Phi) is 3.50. The van der Waals surface area contributed by atoms with Crippen LogP contribution in [0.2, 0.25) is 0 Å². The van der Waals surface area contributed by atoms with Crippen molar-refractivity contribution in [1.29, 1.82) is 0 Å². The normalized spacial score (nSPS) is 16.7. The van der Waals surface area contributed by atoms with Gasteiger partial charge in [-0.1, -0.05) is 12.1 Å². The van der Waals surface area contributed by atoms with E-state index in [4.69, 9.17) is 4.74 Å². The summed E-state index contributed by atoms with van der Waals surface area (Å²) in [5, 5.41) is 11.7. The predicted octanol–water partition coefficient (Wildman–Crippen LogP) is 3.96. The summed E-state index contributed by atoms with van der Waals surface area (Å²) in [6.45, 7) is 4.51. The number of aromatic nitrogens is 3. The summed E-state index contributed by atoms with van der Waals surface area (Å²) in [5.74, 6) is 1.50. The second kappa shape index (κ2) is 5.54. The first kappa shape index (κ1) is 14.5. The summed E-state index contributed by atoms with van der Waals surface area (Å²) < 4.78 is 21.1. The fraction of sp³-hybridized carbons (Fsp3) is 0.294. The van der Waals surface area contributed by atoms with Crippen molar-refractivity contribution in [2.75, 3.05) is 0 Å². The van der Waals surface area contributed by atoms with E-state index in [0.717, 1.165) is 28.6 Å². The number of benzene rings is 1. The molecule has 1 atom stereocenters. The number of rotatable bonds is 2. The first-order valence-corrected chi connectivity index (χ1v) is 8.39. The molecule has 0 amide bonds. The highest BCUT2D eigenvalue weighted by atomic mass is 32.1. The number of fused-ring (bicyclic) bond motifs is 3. The fourth-order valence-electron chi connectivity index (χ4n) is 2.89. The molecule has 23 heavy (non-hydrogen) atoms. The van der Waals surface area contributed by atoms with Crippen LogP contribution in [0.4, 0.5) is 4.39 Å². The van der Waals surface area contributed by atoms with E-state index in [-0.39, 0.29) is 11.9 Å². The topological polar surface area (TPSA) is 39.9 Å². The van der Waals surface area contributed by atoms with E-state index in [0.29, 0.717) is 6.61 Å². The van der Waals surface area contributed by atoms with E-state index < -0.39 is 0 Å². The van der Waals surface area contributed by atoms with Crippen molar-refractivity contribution in [3.8, 4) is 5.00 Å². The number of hydrogen-bond acceptors (Lipinski definition) is 4. The standard InChI is InChI=1S/C17H16FN3OS/c1-10-16-20-19-11(2)21(16)17-15(8-22-10)13(9-23-17)7-12-3-5-14(18)6-4-12/h3-6,9-10H,7-8H2,1-2H3/t10-/m0/s1. The fourth-order valence-corrected chi connectivity index (χ4v) is 4.04. The Hall–Kier alpha value is -2.05. The van der Waals surface area contributed by atoms with Crippen molar-refractivity contribution in [2.24, 2.45) is 0 Å². The lowest BCUT2D eigenvalue weighted by molar-refractivity contribution is 0.0493. The maximum Gasteiger partial charge on any atom is 0.167 e. The summed E-state index contributed by atoms with van der Waals surface area (Å²) >= 11 is 1.68. The van der Waals surface area contributed by atoms with Crippen LogP contribution < -0.4 is 0 Å². The molecule has 1 aliphatic heterocycles. The lowest BCUT2D eigenvalue weighted by atomic mass is 10.0. The Morgan fingerprint density at radius 2 is 2.09 bits per heavy atom. The smallest absolute Gasteiger partial charge is 0.167 e. The Balaban J connectivity index is 1.76. The van der Waals surface area contributed by atoms with Gasteiger partial charge in [0, 0.05) is 5.56 Å². The number of hydrogen-bond donors (Lipinski definition) is 0. The van der Waals surface area contributed by atoms with E-state index >= 15 is 0 Å². The van der Waals surface area contributed by atoms with Crippen LogP contribution in [0, 0.1) is 12.7 Å². The predicted molar refractivity (Wildman–Crippen MR) is 86.4 cm³/mol. The minimum atomic E-state index is -0.209. The molecule has 4 rings (SSSR count). The third-order valence-electron chi connectivity index (χ3n) is 4.16. The lowest BCUT2D eigenvalue weighted by Gasteiger charge is -2.08. The summed E-state index contributed by atoms with van der Waals surface area (Å²) in [6.07, 6.45) is 0.676. The number of ether oxygens (including phenoxy) is 1. The van der Waals surface area contributed by atoms with Crippen molar-refractivity contribution in [3.05, 3.63) is 63.8 Å². The van der Waals surface area contributed by atoms with Crippen molar-refractivity contribution in [3.63, 3.8) is 0 Å². The van der Waals surface area contributed by atoms with Gasteiger partial charge >= 0.3 is 0 Å². The van der Waals surface area contributed by atoms with Crippen LogP contribution in [0.1, 0.15) is 41.4 Å². The van der Waals surface area contributed by atoms with Crippen LogP contribution in [-0.2, 0) is 17.8 Å². The number of nitrogens with zero attached hydrogens (tertiary/aromatic N) is 3. The molecule has 0 aliphatic carbocycles. The molecule has 0 spiro atoms. The van der Waals surface area contributed by atoms with E-state index in [1.165, 1.54) is 23.3 Å². The molecule has 0 bridgehead atoms. The summed E-state index contributed by atoms with van der Waals surface area (Å²) in [6, 6.07) is 6.66. The van der Waals surface area contributed by atoms with Gasteiger partial charge in [0.1, 0.15) is 22.7 Å². The minimum Gasteiger partial charge on any atom is -0.366 e. The van der Waals surface area contributed by atoms with Gasteiger partial charge in [-0.25, -0.2) is 4.39 Å². The van der Waals surface area contributed by atoms with Gasteiger partial charge in [0.05, 0.1) is 6.61 Å². The van der Waals surface area contributed by atoms with Gasteiger partial charge in [-0.2, -0.15) is 0 Å². The first-order chi connectivity index (χ1) is 11.1. The first-order valence-electron chi connectivity index (χ1n) is 7.51. The maximum atomic E-state index is 13.1. The zero-order chi connectivity index (χ0) is 16.0. The lowest BCUT2D eigenvalue weighted by Crippen LogP contribution is -2.04. The van der Waals surface area contributed by atoms with Crippen molar-refractivity contribution < 1.29 is 9.13 Å². The second-order valence-electron chi connectivity index (χ2n) is 5.74. The van der Waals surface area contributed by atoms with Gasteiger partial charge in [0.2, 0.25) is 0 Å². The summed E-state index contributed by atoms with van der Waals surface area (Å²) in [4.78, 5) is 0. The molecule has 4 nitrogen and oxygen atoms in total. The third kappa shape index (κ3) is 2.48. The Morgan fingerprint density at radius 3 is 2.87 bits per heavy atom. The quantitative estimate of drug-likeness (QED) is 0.714. The Labute approximate surface area is 137 Å². The van der Waals surface area contributed by atoms with Crippen molar-refractivity contribution >= 4 is 11.3 Å². The third-order valence-corrected chi connectivity index (χ3v) is 5.22. The summed E-state index contributed by atoms with van der Waals surface area (Å²) in [5.41, 5.74) is 3.47. The molecule has 0 saturated carbocycles. The second-order valence-corrected chi connectivity index (χ2v) is 6.60. The highest BCUT2D eigenvalue weighted by Crippen LogP contribution is 2.36. The molecular formula is C17H16FN3OS. The number of halogens is 1. The van der Waals surface area contributed by atoms with Gasteiger partial charge < -0.3 is 4.74 Å². The molecular weight excluding hydrogens is 313 g/mol. The van der Waals surface area contributed by atoms with E-state index in [1.54, 1.807) is 11.3 Å². The van der Waals surface area contributed by atoms with Gasteiger partial charge in [-0.05, 0) is 48.9 Å². The van der Waals surface area contributed by atoms with Crippen LogP contribution in [0.5, 0.6) is 0 Å². The van der Waals surface area contributed by atoms with E-state index in [1.807, 2.05) is 26.0 Å². The molecule has 0 radical (unpaired) electrons. The molecule has 118 valence electrons. The molecule has 0 N–H and O–H groups in total. The molecule has 0 fully saturated rings. The monoisotopic (exact) mass is 329 g/mol. The molecule has 1 aromatic carbocycles. The molecule has 0 saturated heterocycles. The van der Waals surface area contributed by atoms with Crippen LogP contribution in [0.3, 0.4) is 0 Å². The van der Waals surface area contributed by atoms with Crippen LogP contribution in [-0.4, -0.2) is 14.8 Å².